The van der Waals surface area contributed by atoms with E-state index in [0.717, 1.165) is 30.6 Å². The van der Waals surface area contributed by atoms with E-state index in [9.17, 15) is 9.90 Å². The van der Waals surface area contributed by atoms with Crippen molar-refractivity contribution in [3.8, 4) is 0 Å². The lowest BCUT2D eigenvalue weighted by atomic mass is 9.88. The van der Waals surface area contributed by atoms with Crippen molar-refractivity contribution in [3.63, 3.8) is 0 Å². The van der Waals surface area contributed by atoms with E-state index in [0.29, 0.717) is 37.8 Å². The SMILES string of the molecule is CC1(C)Cc2[nH]ncc2CN(C(=O)c2coc(CN3CC[C@H](O)C3)n2)C1. The van der Waals surface area contributed by atoms with Crippen molar-refractivity contribution in [3.05, 3.63) is 35.3 Å². The molecule has 1 saturated heterocycles. The Morgan fingerprint density at radius 3 is 3.12 bits per heavy atom. The number of carbonyl (C=O) groups excluding carboxylic acids is 1. The lowest BCUT2D eigenvalue weighted by Crippen LogP contribution is -2.37. The molecule has 8 heteroatoms. The molecule has 0 aromatic carbocycles. The minimum absolute atomic E-state index is 0.0499. The third kappa shape index (κ3) is 3.52. The van der Waals surface area contributed by atoms with E-state index in [-0.39, 0.29) is 17.4 Å². The van der Waals surface area contributed by atoms with Gasteiger partial charge in [0.2, 0.25) is 5.89 Å². The summed E-state index contributed by atoms with van der Waals surface area (Å²) in [6.07, 6.45) is 4.58. The Bertz CT molecular complexity index is 796. The van der Waals surface area contributed by atoms with Crippen LogP contribution in [0.4, 0.5) is 0 Å². The fourth-order valence-corrected chi connectivity index (χ4v) is 3.87. The maximum atomic E-state index is 13.0. The molecule has 0 unspecified atom stereocenters. The number of carbonyl (C=O) groups is 1. The minimum atomic E-state index is -0.283. The maximum Gasteiger partial charge on any atom is 0.276 e. The van der Waals surface area contributed by atoms with Gasteiger partial charge in [-0.15, -0.1) is 0 Å². The number of H-pyrrole nitrogens is 1. The second-order valence-electron chi connectivity index (χ2n) is 8.18. The van der Waals surface area contributed by atoms with Gasteiger partial charge in [-0.3, -0.25) is 14.8 Å². The molecule has 8 nitrogen and oxygen atoms in total. The maximum absolute atomic E-state index is 13.0. The number of hydrogen-bond acceptors (Lipinski definition) is 6. The Labute approximate surface area is 152 Å². The number of likely N-dealkylation sites (tertiary alicyclic amines) is 1. The fraction of sp³-hybridized carbons (Fsp3) is 0.611. The number of fused-ring (bicyclic) bond motifs is 1. The molecule has 4 rings (SSSR count). The molecule has 0 spiro atoms. The molecule has 140 valence electrons. The number of aromatic amines is 1. The van der Waals surface area contributed by atoms with E-state index in [2.05, 4.69) is 33.9 Å². The van der Waals surface area contributed by atoms with E-state index >= 15 is 0 Å². The van der Waals surface area contributed by atoms with Crippen molar-refractivity contribution in [2.24, 2.45) is 5.41 Å². The van der Waals surface area contributed by atoms with Crippen molar-refractivity contribution < 1.29 is 14.3 Å². The second kappa shape index (κ2) is 6.51. The topological polar surface area (TPSA) is 98.5 Å². The molecular formula is C18H25N5O3. The van der Waals surface area contributed by atoms with Gasteiger partial charge < -0.3 is 14.4 Å². The van der Waals surface area contributed by atoms with Gasteiger partial charge in [0.05, 0.1) is 18.8 Å². The monoisotopic (exact) mass is 359 g/mol. The summed E-state index contributed by atoms with van der Waals surface area (Å²) in [5, 5.41) is 16.8. The highest BCUT2D eigenvalue weighted by Crippen LogP contribution is 2.29. The van der Waals surface area contributed by atoms with Crippen LogP contribution in [0.25, 0.3) is 0 Å². The van der Waals surface area contributed by atoms with Crippen LogP contribution in [-0.4, -0.2) is 61.7 Å². The van der Waals surface area contributed by atoms with Crippen LogP contribution in [-0.2, 0) is 19.5 Å². The van der Waals surface area contributed by atoms with Crippen LogP contribution in [0.15, 0.2) is 16.9 Å². The molecule has 2 aromatic heterocycles. The minimum Gasteiger partial charge on any atom is -0.447 e. The standard InChI is InChI=1S/C18H25N5O3/c1-18(2)5-14-12(6-19-21-14)7-23(11-18)17(25)15-10-26-16(20-15)9-22-4-3-13(24)8-22/h6,10,13,24H,3-5,7-9,11H2,1-2H3,(H,19,21)/t13-/m0/s1. The summed E-state index contributed by atoms with van der Waals surface area (Å²) < 4.78 is 5.51. The van der Waals surface area contributed by atoms with Crippen LogP contribution >= 0.6 is 0 Å². The van der Waals surface area contributed by atoms with Gasteiger partial charge in [0.15, 0.2) is 5.69 Å². The van der Waals surface area contributed by atoms with Crippen molar-refractivity contribution >= 4 is 5.91 Å². The molecule has 0 saturated carbocycles. The zero-order valence-electron chi connectivity index (χ0n) is 15.2. The van der Waals surface area contributed by atoms with Gasteiger partial charge in [-0.1, -0.05) is 13.8 Å². The van der Waals surface area contributed by atoms with Crippen LogP contribution in [0, 0.1) is 5.41 Å². The summed E-state index contributed by atoms with van der Waals surface area (Å²) in [4.78, 5) is 21.3. The number of aliphatic hydroxyl groups excluding tert-OH is 1. The first-order valence-corrected chi connectivity index (χ1v) is 9.05. The first-order valence-electron chi connectivity index (χ1n) is 9.05. The Balaban J connectivity index is 1.49. The van der Waals surface area contributed by atoms with Crippen LogP contribution in [0.3, 0.4) is 0 Å². The smallest absolute Gasteiger partial charge is 0.276 e. The number of rotatable bonds is 3. The number of hydrogen-bond donors (Lipinski definition) is 2. The van der Waals surface area contributed by atoms with Crippen molar-refractivity contribution in [1.82, 2.24) is 25.0 Å². The quantitative estimate of drug-likeness (QED) is 0.854. The fourth-order valence-electron chi connectivity index (χ4n) is 3.87. The molecule has 4 heterocycles. The highest BCUT2D eigenvalue weighted by Gasteiger charge is 2.32. The molecule has 0 radical (unpaired) electrons. The summed E-state index contributed by atoms with van der Waals surface area (Å²) in [7, 11) is 0. The van der Waals surface area contributed by atoms with E-state index in [1.165, 1.54) is 6.26 Å². The molecule has 2 aliphatic rings. The summed E-state index contributed by atoms with van der Waals surface area (Å²) in [6, 6.07) is 0. The van der Waals surface area contributed by atoms with Gasteiger partial charge in [0.25, 0.3) is 5.91 Å². The van der Waals surface area contributed by atoms with Gasteiger partial charge in [0, 0.05) is 37.4 Å². The van der Waals surface area contributed by atoms with E-state index in [1.54, 1.807) is 6.20 Å². The Morgan fingerprint density at radius 2 is 2.35 bits per heavy atom. The van der Waals surface area contributed by atoms with Crippen LogP contribution in [0.5, 0.6) is 0 Å². The zero-order valence-corrected chi connectivity index (χ0v) is 15.2. The number of aromatic nitrogens is 3. The first-order chi connectivity index (χ1) is 12.4. The summed E-state index contributed by atoms with van der Waals surface area (Å²) >= 11 is 0. The van der Waals surface area contributed by atoms with Crippen LogP contribution < -0.4 is 0 Å². The zero-order chi connectivity index (χ0) is 18.3. The average molecular weight is 359 g/mol. The number of β-amino-alcohol motifs (C(OH)–C–C–N with tert-alkyl or cyclic N) is 1. The Hall–Kier alpha value is -2.19. The van der Waals surface area contributed by atoms with E-state index < -0.39 is 0 Å². The normalized spacial score (nSPS) is 23.0. The van der Waals surface area contributed by atoms with Gasteiger partial charge in [-0.2, -0.15) is 5.10 Å². The molecule has 0 aliphatic carbocycles. The second-order valence-corrected chi connectivity index (χ2v) is 8.18. The van der Waals surface area contributed by atoms with Gasteiger partial charge >= 0.3 is 0 Å². The first kappa shape index (κ1) is 17.2. The molecular weight excluding hydrogens is 334 g/mol. The average Bonchev–Trinajstić information content (AvgIpc) is 3.28. The molecule has 1 amide bonds. The van der Waals surface area contributed by atoms with Gasteiger partial charge in [0.1, 0.15) is 6.26 Å². The molecule has 2 N–H and O–H groups in total. The third-order valence-electron chi connectivity index (χ3n) is 5.11. The van der Waals surface area contributed by atoms with Crippen LogP contribution in [0.1, 0.15) is 47.9 Å². The number of oxazole rings is 1. The number of nitrogens with one attached hydrogen (secondary N) is 1. The van der Waals surface area contributed by atoms with Gasteiger partial charge in [-0.05, 0) is 18.3 Å². The lowest BCUT2D eigenvalue weighted by molar-refractivity contribution is 0.0674. The summed E-state index contributed by atoms with van der Waals surface area (Å²) in [6.45, 7) is 7.42. The summed E-state index contributed by atoms with van der Waals surface area (Å²) in [5.74, 6) is 0.393. The molecule has 1 atom stereocenters. The highest BCUT2D eigenvalue weighted by atomic mass is 16.3. The van der Waals surface area contributed by atoms with E-state index in [1.807, 2.05) is 4.90 Å². The summed E-state index contributed by atoms with van der Waals surface area (Å²) in [5.41, 5.74) is 2.44. The molecule has 26 heavy (non-hydrogen) atoms. The Morgan fingerprint density at radius 1 is 1.50 bits per heavy atom. The van der Waals surface area contributed by atoms with Crippen molar-refractivity contribution in [1.29, 1.82) is 0 Å². The van der Waals surface area contributed by atoms with E-state index in [4.69, 9.17) is 4.42 Å². The van der Waals surface area contributed by atoms with Crippen molar-refractivity contribution in [2.75, 3.05) is 19.6 Å². The lowest BCUT2D eigenvalue weighted by Gasteiger charge is -2.29. The van der Waals surface area contributed by atoms with Crippen molar-refractivity contribution in [2.45, 2.75) is 45.9 Å². The van der Waals surface area contributed by atoms with Gasteiger partial charge in [-0.25, -0.2) is 4.98 Å². The molecule has 1 fully saturated rings. The largest absolute Gasteiger partial charge is 0.447 e. The predicted octanol–water partition coefficient (Wildman–Crippen LogP) is 1.19. The Kier molecular flexibility index (Phi) is 4.32. The number of amides is 1. The van der Waals surface area contributed by atoms with Crippen LogP contribution in [0.2, 0.25) is 0 Å². The molecule has 0 bridgehead atoms. The predicted molar refractivity (Wildman–Crippen MR) is 93.2 cm³/mol. The number of nitrogens with zero attached hydrogens (tertiary/aromatic N) is 4. The third-order valence-corrected chi connectivity index (χ3v) is 5.11. The number of aliphatic hydroxyl groups is 1. The highest BCUT2D eigenvalue weighted by molar-refractivity contribution is 5.92. The molecule has 2 aliphatic heterocycles. The molecule has 2 aromatic rings.